The second kappa shape index (κ2) is 7.84. The van der Waals surface area contributed by atoms with Crippen molar-refractivity contribution in [2.75, 3.05) is 32.1 Å². The molecular formula is C23H26N6O2S. The fourth-order valence-corrected chi connectivity index (χ4v) is 5.12. The van der Waals surface area contributed by atoms with E-state index in [9.17, 15) is 8.42 Å². The number of nitrogens with zero attached hydrogens (tertiary/aromatic N) is 5. The van der Waals surface area contributed by atoms with Crippen molar-refractivity contribution in [1.82, 2.24) is 18.8 Å². The second-order valence-corrected chi connectivity index (χ2v) is 10.5. The first-order chi connectivity index (χ1) is 15.3. The van der Waals surface area contributed by atoms with Crippen LogP contribution in [0.15, 0.2) is 59.8 Å². The lowest BCUT2D eigenvalue weighted by atomic mass is 10.0. The zero-order valence-electron chi connectivity index (χ0n) is 18.1. The Morgan fingerprint density at radius 2 is 1.84 bits per heavy atom. The van der Waals surface area contributed by atoms with Crippen LogP contribution in [-0.4, -0.2) is 60.5 Å². The van der Waals surface area contributed by atoms with E-state index in [0.717, 1.165) is 53.9 Å². The van der Waals surface area contributed by atoms with Crippen LogP contribution in [-0.2, 0) is 10.0 Å². The van der Waals surface area contributed by atoms with Gasteiger partial charge in [0.05, 0.1) is 27.1 Å². The van der Waals surface area contributed by atoms with Gasteiger partial charge in [0, 0.05) is 38.6 Å². The van der Waals surface area contributed by atoms with Gasteiger partial charge in [-0.3, -0.25) is 4.57 Å². The smallest absolute Gasteiger partial charge is 0.242 e. The molecule has 4 aromatic rings. The molecule has 0 amide bonds. The maximum absolute atomic E-state index is 12.5. The van der Waals surface area contributed by atoms with Crippen LogP contribution in [0.4, 0.5) is 5.69 Å². The van der Waals surface area contributed by atoms with E-state index in [0.29, 0.717) is 5.52 Å². The number of para-hydroxylation sites is 1. The number of piperidine rings is 1. The summed E-state index contributed by atoms with van der Waals surface area (Å²) in [5.41, 5.74) is 9.55. The Labute approximate surface area is 187 Å². The maximum atomic E-state index is 12.5. The SMILES string of the molecule is CN(C)S(=O)(=O)c1ccc2c(c1)ncn2-c1ccc2cccc(N3CCC(N)CC3)c2n1. The van der Waals surface area contributed by atoms with Gasteiger partial charge in [0.15, 0.2) is 0 Å². The van der Waals surface area contributed by atoms with Gasteiger partial charge in [0.2, 0.25) is 10.0 Å². The minimum Gasteiger partial charge on any atom is -0.370 e. The number of nitrogens with two attached hydrogens (primary N) is 1. The van der Waals surface area contributed by atoms with Crippen LogP contribution < -0.4 is 10.6 Å². The van der Waals surface area contributed by atoms with Crippen molar-refractivity contribution in [1.29, 1.82) is 0 Å². The molecule has 1 aliphatic heterocycles. The molecule has 1 fully saturated rings. The number of pyridine rings is 1. The Balaban J connectivity index is 1.58. The highest BCUT2D eigenvalue weighted by Crippen LogP contribution is 2.29. The zero-order valence-corrected chi connectivity index (χ0v) is 19.0. The summed E-state index contributed by atoms with van der Waals surface area (Å²) < 4.78 is 28.0. The number of hydrogen-bond donors (Lipinski definition) is 1. The van der Waals surface area contributed by atoms with Crippen LogP contribution >= 0.6 is 0 Å². The summed E-state index contributed by atoms with van der Waals surface area (Å²) in [6, 6.07) is 15.5. The first kappa shape index (κ1) is 20.9. The van der Waals surface area contributed by atoms with Gasteiger partial charge in [-0.05, 0) is 49.2 Å². The molecule has 8 nitrogen and oxygen atoms in total. The lowest BCUT2D eigenvalue weighted by Gasteiger charge is -2.32. The van der Waals surface area contributed by atoms with Crippen molar-refractivity contribution in [3.63, 3.8) is 0 Å². The molecule has 0 unspecified atom stereocenters. The third-order valence-electron chi connectivity index (χ3n) is 6.11. The molecule has 2 aromatic carbocycles. The molecular weight excluding hydrogens is 424 g/mol. The molecule has 1 aliphatic rings. The first-order valence-corrected chi connectivity index (χ1v) is 12.1. The van der Waals surface area contributed by atoms with Crippen LogP contribution in [0.1, 0.15) is 12.8 Å². The average molecular weight is 451 g/mol. The molecule has 0 radical (unpaired) electrons. The predicted molar refractivity (Wildman–Crippen MR) is 127 cm³/mol. The maximum Gasteiger partial charge on any atom is 0.242 e. The standard InChI is InChI=1S/C23H26N6O2S/c1-27(2)32(30,31)18-7-8-20-19(14-18)25-15-29(20)22-9-6-16-4-3-5-21(23(16)26-22)28-12-10-17(24)11-13-28/h3-9,14-15,17H,10-13,24H2,1-2H3. The monoisotopic (exact) mass is 450 g/mol. The summed E-state index contributed by atoms with van der Waals surface area (Å²) in [6.07, 6.45) is 3.63. The van der Waals surface area contributed by atoms with E-state index in [1.807, 2.05) is 10.6 Å². The van der Waals surface area contributed by atoms with E-state index in [-0.39, 0.29) is 10.9 Å². The van der Waals surface area contributed by atoms with Gasteiger partial charge in [0.1, 0.15) is 12.1 Å². The van der Waals surface area contributed by atoms with Crippen LogP contribution in [0.5, 0.6) is 0 Å². The van der Waals surface area contributed by atoms with Crippen LogP contribution in [0.25, 0.3) is 27.8 Å². The average Bonchev–Trinajstić information content (AvgIpc) is 3.22. The lowest BCUT2D eigenvalue weighted by molar-refractivity contribution is 0.502. The van der Waals surface area contributed by atoms with E-state index in [4.69, 9.17) is 10.7 Å². The molecule has 0 aliphatic carbocycles. The molecule has 0 saturated carbocycles. The van der Waals surface area contributed by atoms with E-state index in [2.05, 4.69) is 34.1 Å². The Kier molecular flexibility index (Phi) is 5.11. The van der Waals surface area contributed by atoms with Gasteiger partial charge >= 0.3 is 0 Å². The van der Waals surface area contributed by atoms with Crippen molar-refractivity contribution in [3.8, 4) is 5.82 Å². The van der Waals surface area contributed by atoms with Gasteiger partial charge in [-0.25, -0.2) is 22.7 Å². The molecule has 0 atom stereocenters. The number of sulfonamides is 1. The molecule has 0 bridgehead atoms. The summed E-state index contributed by atoms with van der Waals surface area (Å²) in [6.45, 7) is 1.84. The highest BCUT2D eigenvalue weighted by molar-refractivity contribution is 7.89. The third kappa shape index (κ3) is 3.52. The molecule has 32 heavy (non-hydrogen) atoms. The highest BCUT2D eigenvalue weighted by atomic mass is 32.2. The second-order valence-electron chi connectivity index (χ2n) is 8.40. The molecule has 1 saturated heterocycles. The summed E-state index contributed by atoms with van der Waals surface area (Å²) in [7, 11) is -0.483. The van der Waals surface area contributed by atoms with Gasteiger partial charge in [-0.2, -0.15) is 0 Å². The number of benzene rings is 2. The number of imidazole rings is 1. The number of fused-ring (bicyclic) bond motifs is 2. The Morgan fingerprint density at radius 1 is 1.06 bits per heavy atom. The Morgan fingerprint density at radius 3 is 2.59 bits per heavy atom. The summed E-state index contributed by atoms with van der Waals surface area (Å²) >= 11 is 0. The fraction of sp³-hybridized carbons (Fsp3) is 0.304. The van der Waals surface area contributed by atoms with Crippen molar-refractivity contribution >= 4 is 37.6 Å². The van der Waals surface area contributed by atoms with E-state index in [1.54, 1.807) is 24.5 Å². The van der Waals surface area contributed by atoms with Gasteiger partial charge < -0.3 is 10.6 Å². The number of anilines is 1. The van der Waals surface area contributed by atoms with Gasteiger partial charge in [0.25, 0.3) is 0 Å². The predicted octanol–water partition coefficient (Wildman–Crippen LogP) is 2.75. The normalized spacial score (nSPS) is 15.8. The fourth-order valence-electron chi connectivity index (χ4n) is 4.20. The number of hydrogen-bond acceptors (Lipinski definition) is 6. The Bertz CT molecular complexity index is 1400. The van der Waals surface area contributed by atoms with Crippen molar-refractivity contribution < 1.29 is 8.42 Å². The highest BCUT2D eigenvalue weighted by Gasteiger charge is 2.20. The van der Waals surface area contributed by atoms with Crippen molar-refractivity contribution in [2.45, 2.75) is 23.8 Å². The van der Waals surface area contributed by atoms with Crippen molar-refractivity contribution in [3.05, 3.63) is 54.9 Å². The van der Waals surface area contributed by atoms with E-state index >= 15 is 0 Å². The topological polar surface area (TPSA) is 97.4 Å². The molecule has 3 heterocycles. The molecule has 0 spiro atoms. The zero-order chi connectivity index (χ0) is 22.5. The van der Waals surface area contributed by atoms with Gasteiger partial charge in [-0.15, -0.1) is 0 Å². The molecule has 166 valence electrons. The quantitative estimate of drug-likeness (QED) is 0.513. The summed E-state index contributed by atoms with van der Waals surface area (Å²) in [5.74, 6) is 0.740. The van der Waals surface area contributed by atoms with Crippen molar-refractivity contribution in [2.24, 2.45) is 5.73 Å². The first-order valence-electron chi connectivity index (χ1n) is 10.6. The van der Waals surface area contributed by atoms with Crippen LogP contribution in [0, 0.1) is 0 Å². The molecule has 5 rings (SSSR count). The molecule has 2 aromatic heterocycles. The van der Waals surface area contributed by atoms with Crippen LogP contribution in [0.2, 0.25) is 0 Å². The third-order valence-corrected chi connectivity index (χ3v) is 7.92. The lowest BCUT2D eigenvalue weighted by Crippen LogP contribution is -2.39. The van der Waals surface area contributed by atoms with Crippen LogP contribution in [0.3, 0.4) is 0 Å². The number of aromatic nitrogens is 3. The molecule has 2 N–H and O–H groups in total. The van der Waals surface area contributed by atoms with E-state index in [1.165, 1.54) is 18.4 Å². The molecule has 9 heteroatoms. The minimum atomic E-state index is -3.52. The Hall–Kier alpha value is -3.01. The minimum absolute atomic E-state index is 0.220. The van der Waals surface area contributed by atoms with E-state index < -0.39 is 10.0 Å². The number of rotatable bonds is 4. The summed E-state index contributed by atoms with van der Waals surface area (Å²) in [4.78, 5) is 12.0. The largest absolute Gasteiger partial charge is 0.370 e. The summed E-state index contributed by atoms with van der Waals surface area (Å²) in [5, 5.41) is 1.07. The van der Waals surface area contributed by atoms with Gasteiger partial charge in [-0.1, -0.05) is 12.1 Å².